The molecule has 0 atom stereocenters. The van der Waals surface area contributed by atoms with Crippen molar-refractivity contribution in [2.75, 3.05) is 6.61 Å². The zero-order chi connectivity index (χ0) is 16.0. The minimum absolute atomic E-state index is 0.0665. The molecular formula is C14H20ClN3O3. The van der Waals surface area contributed by atoms with Crippen molar-refractivity contribution in [2.45, 2.75) is 32.9 Å². The third-order valence-electron chi connectivity index (χ3n) is 2.47. The maximum Gasteiger partial charge on any atom is 0.318 e. The van der Waals surface area contributed by atoms with Crippen LogP contribution in [0.2, 0.25) is 5.02 Å². The molecule has 0 radical (unpaired) electrons. The lowest BCUT2D eigenvalue weighted by atomic mass is 10.1. The normalized spacial score (nSPS) is 11.0. The summed E-state index contributed by atoms with van der Waals surface area (Å²) in [7, 11) is 0. The van der Waals surface area contributed by atoms with Crippen molar-refractivity contribution in [2.24, 2.45) is 5.73 Å². The number of benzene rings is 1. The second kappa shape index (κ2) is 7.28. The van der Waals surface area contributed by atoms with Gasteiger partial charge in [-0.1, -0.05) is 23.7 Å². The molecule has 3 amide bonds. The highest BCUT2D eigenvalue weighted by atomic mass is 35.5. The van der Waals surface area contributed by atoms with Gasteiger partial charge in [-0.25, -0.2) is 4.79 Å². The third-order valence-corrected chi connectivity index (χ3v) is 2.77. The Labute approximate surface area is 129 Å². The molecule has 0 heterocycles. The fourth-order valence-electron chi connectivity index (χ4n) is 1.53. The van der Waals surface area contributed by atoms with Crippen LogP contribution in [0.4, 0.5) is 4.79 Å². The van der Waals surface area contributed by atoms with Crippen molar-refractivity contribution >= 4 is 23.5 Å². The van der Waals surface area contributed by atoms with Crippen LogP contribution in [0.5, 0.6) is 5.75 Å². The standard InChI is InChI=1S/C14H20ClN3O3/c1-14(2,3)17-7-9-5-4-6-10(15)12(9)21-8-11(19)18-13(16)20/h4-6,17H,7-8H2,1-3H3,(H3,16,18,19,20). The van der Waals surface area contributed by atoms with E-state index in [1.807, 2.05) is 32.2 Å². The number of carbonyl (C=O) groups is 2. The van der Waals surface area contributed by atoms with Gasteiger partial charge >= 0.3 is 6.03 Å². The van der Waals surface area contributed by atoms with Crippen molar-refractivity contribution in [3.63, 3.8) is 0 Å². The molecule has 0 fully saturated rings. The van der Waals surface area contributed by atoms with E-state index >= 15 is 0 Å². The molecule has 21 heavy (non-hydrogen) atoms. The predicted molar refractivity (Wildman–Crippen MR) is 81.3 cm³/mol. The van der Waals surface area contributed by atoms with Crippen molar-refractivity contribution in [1.82, 2.24) is 10.6 Å². The molecular weight excluding hydrogens is 294 g/mol. The van der Waals surface area contributed by atoms with Gasteiger partial charge in [0.15, 0.2) is 6.61 Å². The molecule has 0 aromatic heterocycles. The number of para-hydroxylation sites is 1. The minimum atomic E-state index is -0.919. The number of nitrogens with two attached hydrogens (primary N) is 1. The van der Waals surface area contributed by atoms with Gasteiger partial charge in [0.25, 0.3) is 5.91 Å². The maximum absolute atomic E-state index is 11.4. The molecule has 0 spiro atoms. The number of rotatable bonds is 5. The lowest BCUT2D eigenvalue weighted by Crippen LogP contribution is -2.38. The molecule has 0 aliphatic carbocycles. The van der Waals surface area contributed by atoms with Crippen LogP contribution in [0.15, 0.2) is 18.2 Å². The smallest absolute Gasteiger partial charge is 0.318 e. The highest BCUT2D eigenvalue weighted by Gasteiger charge is 2.14. The lowest BCUT2D eigenvalue weighted by Gasteiger charge is -2.22. The van der Waals surface area contributed by atoms with E-state index in [-0.39, 0.29) is 12.1 Å². The van der Waals surface area contributed by atoms with Crippen LogP contribution >= 0.6 is 11.6 Å². The number of carbonyl (C=O) groups excluding carboxylic acids is 2. The van der Waals surface area contributed by atoms with Gasteiger partial charge in [0.2, 0.25) is 0 Å². The van der Waals surface area contributed by atoms with Crippen LogP contribution < -0.4 is 21.1 Å². The SMILES string of the molecule is CC(C)(C)NCc1cccc(Cl)c1OCC(=O)NC(N)=O. The number of urea groups is 1. The number of amides is 3. The van der Waals surface area contributed by atoms with Crippen LogP contribution in [-0.4, -0.2) is 24.1 Å². The lowest BCUT2D eigenvalue weighted by molar-refractivity contribution is -0.121. The maximum atomic E-state index is 11.4. The largest absolute Gasteiger partial charge is 0.482 e. The molecule has 7 heteroatoms. The number of ether oxygens (including phenoxy) is 1. The number of imide groups is 1. The summed E-state index contributed by atoms with van der Waals surface area (Å²) in [5.74, 6) is -0.215. The van der Waals surface area contributed by atoms with Crippen LogP contribution in [-0.2, 0) is 11.3 Å². The molecule has 0 saturated heterocycles. The van der Waals surface area contributed by atoms with Gasteiger partial charge in [-0.2, -0.15) is 0 Å². The summed E-state index contributed by atoms with van der Waals surface area (Å²) in [5.41, 5.74) is 5.61. The first-order valence-electron chi connectivity index (χ1n) is 6.43. The van der Waals surface area contributed by atoms with Gasteiger partial charge in [0.1, 0.15) is 5.75 Å². The van der Waals surface area contributed by atoms with Gasteiger partial charge < -0.3 is 15.8 Å². The third kappa shape index (κ3) is 6.46. The van der Waals surface area contributed by atoms with Crippen LogP contribution in [0.25, 0.3) is 0 Å². The van der Waals surface area contributed by atoms with Crippen molar-refractivity contribution < 1.29 is 14.3 Å². The average Bonchev–Trinajstić information content (AvgIpc) is 2.33. The van der Waals surface area contributed by atoms with Gasteiger partial charge in [0.05, 0.1) is 5.02 Å². The molecule has 1 aromatic carbocycles. The highest BCUT2D eigenvalue weighted by Crippen LogP contribution is 2.28. The molecule has 116 valence electrons. The Morgan fingerprint density at radius 2 is 2.00 bits per heavy atom. The Morgan fingerprint density at radius 1 is 1.33 bits per heavy atom. The summed E-state index contributed by atoms with van der Waals surface area (Å²) < 4.78 is 5.40. The molecule has 0 aliphatic heterocycles. The van der Waals surface area contributed by atoms with Crippen LogP contribution in [0.1, 0.15) is 26.3 Å². The second-order valence-electron chi connectivity index (χ2n) is 5.53. The van der Waals surface area contributed by atoms with Crippen LogP contribution in [0.3, 0.4) is 0 Å². The van der Waals surface area contributed by atoms with Gasteiger partial charge in [0, 0.05) is 17.6 Å². The van der Waals surface area contributed by atoms with E-state index in [1.165, 1.54) is 0 Å². The van der Waals surface area contributed by atoms with Gasteiger partial charge in [-0.05, 0) is 26.8 Å². The second-order valence-corrected chi connectivity index (χ2v) is 5.94. The van der Waals surface area contributed by atoms with Gasteiger partial charge in [-0.3, -0.25) is 10.1 Å². The number of halogens is 1. The summed E-state index contributed by atoms with van der Waals surface area (Å²) in [6.07, 6.45) is 0. The van der Waals surface area contributed by atoms with Crippen LogP contribution in [0, 0.1) is 0 Å². The highest BCUT2D eigenvalue weighted by molar-refractivity contribution is 6.32. The molecule has 0 aliphatic rings. The number of hydrogen-bond donors (Lipinski definition) is 3. The zero-order valence-corrected chi connectivity index (χ0v) is 13.1. The average molecular weight is 314 g/mol. The Morgan fingerprint density at radius 3 is 2.57 bits per heavy atom. The molecule has 0 bridgehead atoms. The first kappa shape index (κ1) is 17.3. The molecule has 1 rings (SSSR count). The fourth-order valence-corrected chi connectivity index (χ4v) is 1.77. The zero-order valence-electron chi connectivity index (χ0n) is 12.3. The van der Waals surface area contributed by atoms with Crippen molar-refractivity contribution in [1.29, 1.82) is 0 Å². The Hall–Kier alpha value is -1.79. The summed E-state index contributed by atoms with van der Waals surface area (Å²) in [6.45, 7) is 6.32. The van der Waals surface area contributed by atoms with E-state index in [2.05, 4.69) is 5.32 Å². The molecule has 0 unspecified atom stereocenters. The number of nitrogens with one attached hydrogen (secondary N) is 2. The number of hydrogen-bond acceptors (Lipinski definition) is 4. The van der Waals surface area contributed by atoms with E-state index in [9.17, 15) is 9.59 Å². The fraction of sp³-hybridized carbons (Fsp3) is 0.429. The minimum Gasteiger partial charge on any atom is -0.482 e. The Bertz CT molecular complexity index is 527. The Kier molecular flexibility index (Phi) is 5.99. The van der Waals surface area contributed by atoms with E-state index in [1.54, 1.807) is 12.1 Å². The van der Waals surface area contributed by atoms with Crippen molar-refractivity contribution in [3.05, 3.63) is 28.8 Å². The summed E-state index contributed by atoms with van der Waals surface area (Å²) in [4.78, 5) is 21.9. The van der Waals surface area contributed by atoms with E-state index in [0.717, 1.165) is 5.56 Å². The topological polar surface area (TPSA) is 93.4 Å². The summed E-state index contributed by atoms with van der Waals surface area (Å²) in [6, 6.07) is 4.41. The summed E-state index contributed by atoms with van der Waals surface area (Å²) >= 11 is 6.09. The molecule has 1 aromatic rings. The Balaban J connectivity index is 2.76. The predicted octanol–water partition coefficient (Wildman–Crippen LogP) is 1.80. The first-order valence-corrected chi connectivity index (χ1v) is 6.81. The quantitative estimate of drug-likeness (QED) is 0.772. The van der Waals surface area contributed by atoms with Crippen molar-refractivity contribution in [3.8, 4) is 5.75 Å². The molecule has 6 nitrogen and oxygen atoms in total. The summed E-state index contributed by atoms with van der Waals surface area (Å²) in [5, 5.41) is 5.63. The first-order chi connectivity index (χ1) is 9.69. The molecule has 4 N–H and O–H groups in total. The molecule has 0 saturated carbocycles. The number of primary amides is 1. The monoisotopic (exact) mass is 313 g/mol. The van der Waals surface area contributed by atoms with E-state index < -0.39 is 11.9 Å². The van der Waals surface area contributed by atoms with E-state index in [0.29, 0.717) is 17.3 Å². The van der Waals surface area contributed by atoms with Gasteiger partial charge in [-0.15, -0.1) is 0 Å². The van der Waals surface area contributed by atoms with E-state index in [4.69, 9.17) is 22.1 Å².